The predicted molar refractivity (Wildman–Crippen MR) is 58.0 cm³/mol. The van der Waals surface area contributed by atoms with Crippen LogP contribution in [0.15, 0.2) is 0 Å². The van der Waals surface area contributed by atoms with Crippen LogP contribution in [0, 0.1) is 5.92 Å². The average molecular weight is 220 g/mol. The molecule has 0 fully saturated rings. The van der Waals surface area contributed by atoms with Gasteiger partial charge in [-0.2, -0.15) is 0 Å². The lowest BCUT2D eigenvalue weighted by atomic mass is 10.2. The van der Waals surface area contributed by atoms with Gasteiger partial charge in [-0.25, -0.2) is 8.42 Å². The first-order chi connectivity index (χ1) is 6.31. The molecule has 0 radical (unpaired) electrons. The molecule has 14 heavy (non-hydrogen) atoms. The van der Waals surface area contributed by atoms with Crippen molar-refractivity contribution >= 4 is 15.6 Å². The van der Waals surface area contributed by atoms with E-state index in [1.807, 2.05) is 20.8 Å². The van der Waals surface area contributed by atoms with Crippen LogP contribution in [0.4, 0.5) is 0 Å². The minimum Gasteiger partial charge on any atom is -0.299 e. The zero-order chi connectivity index (χ0) is 11.4. The normalized spacial score (nSPS) is 14.4. The van der Waals surface area contributed by atoms with Crippen LogP contribution in [0.25, 0.3) is 0 Å². The highest BCUT2D eigenvalue weighted by molar-refractivity contribution is 7.92. The number of Topliss-reactive ketones (excluding diaryl/α,β-unsaturated/α-hetero) is 1. The quantitative estimate of drug-likeness (QED) is 0.686. The Morgan fingerprint density at radius 1 is 1.21 bits per heavy atom. The number of carbonyl (C=O) groups excluding carboxylic acids is 1. The number of carbonyl (C=O) groups is 1. The Hall–Kier alpha value is -0.380. The molecule has 3 nitrogen and oxygen atoms in total. The van der Waals surface area contributed by atoms with Crippen molar-refractivity contribution in [3.8, 4) is 0 Å². The van der Waals surface area contributed by atoms with Gasteiger partial charge in [-0.05, 0) is 19.3 Å². The second-order valence-electron chi connectivity index (χ2n) is 4.05. The number of ketones is 1. The van der Waals surface area contributed by atoms with Crippen LogP contribution in [-0.2, 0) is 14.6 Å². The Balaban J connectivity index is 4.42. The predicted octanol–water partition coefficient (Wildman–Crippen LogP) is 1.81. The maximum atomic E-state index is 11.6. The van der Waals surface area contributed by atoms with Crippen molar-refractivity contribution in [2.75, 3.05) is 5.75 Å². The first-order valence-electron chi connectivity index (χ1n) is 5.04. The molecule has 0 heterocycles. The van der Waals surface area contributed by atoms with E-state index in [0.29, 0.717) is 12.8 Å². The molecule has 0 aliphatic rings. The minimum absolute atomic E-state index is 0.0643. The lowest BCUT2D eigenvalue weighted by Gasteiger charge is -2.15. The second-order valence-corrected chi connectivity index (χ2v) is 6.40. The van der Waals surface area contributed by atoms with Crippen molar-refractivity contribution in [3.63, 3.8) is 0 Å². The van der Waals surface area contributed by atoms with Crippen molar-refractivity contribution in [1.29, 1.82) is 0 Å². The second kappa shape index (κ2) is 5.49. The summed E-state index contributed by atoms with van der Waals surface area (Å²) in [6, 6.07) is 0. The summed E-state index contributed by atoms with van der Waals surface area (Å²) in [7, 11) is -3.23. The molecule has 0 bridgehead atoms. The van der Waals surface area contributed by atoms with Crippen molar-refractivity contribution in [2.45, 2.75) is 45.8 Å². The highest BCUT2D eigenvalue weighted by atomic mass is 32.2. The Morgan fingerprint density at radius 2 is 1.71 bits per heavy atom. The van der Waals surface area contributed by atoms with Gasteiger partial charge in [0.05, 0.1) is 5.25 Å². The lowest BCUT2D eigenvalue weighted by Crippen LogP contribution is -2.29. The summed E-state index contributed by atoms with van der Waals surface area (Å²) in [5.41, 5.74) is 0. The fourth-order valence-corrected chi connectivity index (χ4v) is 2.81. The standard InChI is InChI=1S/C10H20O3S/c1-5-6-10(11)7-14(12,13)9(4)8(2)3/h8-9H,5-7H2,1-4H3. The Morgan fingerprint density at radius 3 is 2.07 bits per heavy atom. The number of rotatable bonds is 6. The SMILES string of the molecule is CCCC(=O)CS(=O)(=O)C(C)C(C)C. The van der Waals surface area contributed by atoms with Crippen LogP contribution in [0.3, 0.4) is 0 Å². The summed E-state index contributed by atoms with van der Waals surface area (Å²) in [6.45, 7) is 7.24. The molecule has 0 aromatic rings. The molecule has 1 unspecified atom stereocenters. The average Bonchev–Trinajstić information content (AvgIpc) is 2.02. The largest absolute Gasteiger partial charge is 0.299 e. The zero-order valence-electron chi connectivity index (χ0n) is 9.41. The van der Waals surface area contributed by atoms with Gasteiger partial charge >= 0.3 is 0 Å². The van der Waals surface area contributed by atoms with Crippen LogP contribution >= 0.6 is 0 Å². The van der Waals surface area contributed by atoms with E-state index in [4.69, 9.17) is 0 Å². The highest BCUT2D eigenvalue weighted by Gasteiger charge is 2.25. The van der Waals surface area contributed by atoms with E-state index in [9.17, 15) is 13.2 Å². The Kier molecular flexibility index (Phi) is 5.34. The molecular weight excluding hydrogens is 200 g/mol. The fraction of sp³-hybridized carbons (Fsp3) is 0.900. The minimum atomic E-state index is -3.23. The first-order valence-corrected chi connectivity index (χ1v) is 6.76. The van der Waals surface area contributed by atoms with Gasteiger partial charge in [0.25, 0.3) is 0 Å². The van der Waals surface area contributed by atoms with Crippen molar-refractivity contribution in [1.82, 2.24) is 0 Å². The summed E-state index contributed by atoms with van der Waals surface area (Å²) < 4.78 is 23.3. The van der Waals surface area contributed by atoms with Gasteiger partial charge in [0, 0.05) is 6.42 Å². The number of hydrogen-bond acceptors (Lipinski definition) is 3. The van der Waals surface area contributed by atoms with E-state index in [0.717, 1.165) is 0 Å². The lowest BCUT2D eigenvalue weighted by molar-refractivity contribution is -0.116. The van der Waals surface area contributed by atoms with Crippen molar-refractivity contribution < 1.29 is 13.2 Å². The molecule has 84 valence electrons. The van der Waals surface area contributed by atoms with Gasteiger partial charge in [0.15, 0.2) is 9.84 Å². The molecule has 4 heteroatoms. The molecule has 0 saturated carbocycles. The van der Waals surface area contributed by atoms with Crippen molar-refractivity contribution in [3.05, 3.63) is 0 Å². The summed E-state index contributed by atoms with van der Waals surface area (Å²) in [5.74, 6) is -0.394. The molecule has 1 atom stereocenters. The van der Waals surface area contributed by atoms with E-state index in [1.165, 1.54) is 0 Å². The molecule has 0 aromatic heterocycles. The third kappa shape index (κ3) is 4.22. The van der Waals surface area contributed by atoms with Crippen LogP contribution < -0.4 is 0 Å². The number of hydrogen-bond donors (Lipinski definition) is 0. The highest BCUT2D eigenvalue weighted by Crippen LogP contribution is 2.13. The van der Waals surface area contributed by atoms with Gasteiger partial charge in [-0.1, -0.05) is 20.8 Å². The fourth-order valence-electron chi connectivity index (χ4n) is 1.12. The van der Waals surface area contributed by atoms with Crippen LogP contribution in [0.1, 0.15) is 40.5 Å². The molecule has 0 aliphatic carbocycles. The zero-order valence-corrected chi connectivity index (χ0v) is 10.2. The molecule has 0 amide bonds. The van der Waals surface area contributed by atoms with Gasteiger partial charge in [0.1, 0.15) is 11.5 Å². The van der Waals surface area contributed by atoms with Crippen LogP contribution in [0.5, 0.6) is 0 Å². The van der Waals surface area contributed by atoms with E-state index in [2.05, 4.69) is 0 Å². The van der Waals surface area contributed by atoms with Crippen LogP contribution in [0.2, 0.25) is 0 Å². The molecular formula is C10H20O3S. The molecule has 0 aromatic carbocycles. The number of sulfone groups is 1. The van der Waals surface area contributed by atoms with Crippen molar-refractivity contribution in [2.24, 2.45) is 5.92 Å². The molecule has 0 spiro atoms. The molecule has 0 N–H and O–H groups in total. The van der Waals surface area contributed by atoms with E-state index in [1.54, 1.807) is 6.92 Å². The summed E-state index contributed by atoms with van der Waals surface area (Å²) in [6.07, 6.45) is 1.08. The van der Waals surface area contributed by atoms with E-state index >= 15 is 0 Å². The first kappa shape index (κ1) is 13.6. The third-order valence-electron chi connectivity index (χ3n) is 2.40. The summed E-state index contributed by atoms with van der Waals surface area (Å²) in [4.78, 5) is 11.2. The maximum absolute atomic E-state index is 11.6. The monoisotopic (exact) mass is 220 g/mol. The molecule has 0 aliphatic heterocycles. The van der Waals surface area contributed by atoms with E-state index in [-0.39, 0.29) is 17.5 Å². The Labute approximate surface area is 86.8 Å². The topological polar surface area (TPSA) is 51.2 Å². The molecule has 0 rings (SSSR count). The summed E-state index contributed by atoms with van der Waals surface area (Å²) in [5, 5.41) is -0.427. The third-order valence-corrected chi connectivity index (χ3v) is 4.80. The smallest absolute Gasteiger partial charge is 0.160 e. The maximum Gasteiger partial charge on any atom is 0.160 e. The van der Waals surface area contributed by atoms with Gasteiger partial charge in [0.2, 0.25) is 0 Å². The van der Waals surface area contributed by atoms with Gasteiger partial charge in [-0.3, -0.25) is 4.79 Å². The Bertz CT molecular complexity index is 278. The van der Waals surface area contributed by atoms with Gasteiger partial charge < -0.3 is 0 Å². The van der Waals surface area contributed by atoms with Gasteiger partial charge in [-0.15, -0.1) is 0 Å². The van der Waals surface area contributed by atoms with Crippen LogP contribution in [-0.4, -0.2) is 25.2 Å². The van der Waals surface area contributed by atoms with E-state index < -0.39 is 15.1 Å². The molecule has 0 saturated heterocycles. The summed E-state index contributed by atoms with van der Waals surface area (Å²) >= 11 is 0.